The number of para-hydroxylation sites is 1. The van der Waals surface area contributed by atoms with Gasteiger partial charge in [-0.3, -0.25) is 9.89 Å². The van der Waals surface area contributed by atoms with Crippen LogP contribution >= 0.6 is 11.6 Å². The van der Waals surface area contributed by atoms with Crippen LogP contribution in [0.3, 0.4) is 0 Å². The highest BCUT2D eigenvalue weighted by Crippen LogP contribution is 2.32. The number of amides is 1. The monoisotopic (exact) mass is 353 g/mol. The van der Waals surface area contributed by atoms with Crippen molar-refractivity contribution in [3.05, 3.63) is 70.9 Å². The lowest BCUT2D eigenvalue weighted by Gasteiger charge is -2.26. The molecule has 0 saturated heterocycles. The molecule has 0 spiro atoms. The van der Waals surface area contributed by atoms with Gasteiger partial charge in [-0.1, -0.05) is 41.9 Å². The van der Waals surface area contributed by atoms with Crippen LogP contribution in [0.25, 0.3) is 11.3 Å². The number of aromatic nitrogens is 2. The number of rotatable bonds is 3. The third kappa shape index (κ3) is 3.10. The maximum absolute atomic E-state index is 12.8. The number of carbonyl (C=O) groups is 1. The van der Waals surface area contributed by atoms with Crippen LogP contribution in [0.4, 0.5) is 0 Å². The molecule has 126 valence electrons. The number of hydrogen-bond acceptors (Lipinski definition) is 3. The first-order chi connectivity index (χ1) is 12.2. The van der Waals surface area contributed by atoms with Crippen molar-refractivity contribution in [2.24, 2.45) is 0 Å². The van der Waals surface area contributed by atoms with Gasteiger partial charge in [0.25, 0.3) is 5.91 Å². The number of halogens is 1. The number of aromatic amines is 1. The van der Waals surface area contributed by atoms with Crippen molar-refractivity contribution in [2.45, 2.75) is 12.5 Å². The number of fused-ring (bicyclic) bond motifs is 1. The molecule has 2 heterocycles. The van der Waals surface area contributed by atoms with E-state index in [2.05, 4.69) is 15.5 Å². The Bertz CT molecular complexity index is 905. The average Bonchev–Trinajstić information content (AvgIpc) is 3.12. The number of benzene rings is 2. The summed E-state index contributed by atoms with van der Waals surface area (Å²) in [6.45, 7) is 0.581. The summed E-state index contributed by atoms with van der Waals surface area (Å²) in [5.74, 6) is 0.657. The molecule has 25 heavy (non-hydrogen) atoms. The fourth-order valence-corrected chi connectivity index (χ4v) is 3.15. The topological polar surface area (TPSA) is 67.0 Å². The fraction of sp³-hybridized carbons (Fsp3) is 0.158. The van der Waals surface area contributed by atoms with E-state index in [1.807, 2.05) is 36.4 Å². The quantitative estimate of drug-likeness (QED) is 0.748. The molecule has 6 heteroatoms. The van der Waals surface area contributed by atoms with Crippen LogP contribution in [-0.2, 0) is 0 Å². The zero-order valence-corrected chi connectivity index (χ0v) is 14.1. The van der Waals surface area contributed by atoms with Gasteiger partial charge in [0, 0.05) is 22.6 Å². The van der Waals surface area contributed by atoms with Gasteiger partial charge in [0.1, 0.15) is 5.75 Å². The second kappa shape index (κ2) is 6.61. The summed E-state index contributed by atoms with van der Waals surface area (Å²) in [5.41, 5.74) is 3.04. The standard InChI is InChI=1S/C19H16ClN3O2/c20-13-7-5-12(6-8-13)18-15(11-21-23-18)19(24)22-16-9-10-25-17-4-2-1-3-14(16)17/h1-8,11,16H,9-10H2,(H,21,23)(H,22,24). The number of H-pyrrole nitrogens is 1. The van der Waals surface area contributed by atoms with Gasteiger partial charge in [-0.2, -0.15) is 5.10 Å². The SMILES string of the molecule is O=C(NC1CCOc2ccccc21)c1cn[nH]c1-c1ccc(Cl)cc1. The van der Waals surface area contributed by atoms with Crippen LogP contribution in [0.2, 0.25) is 5.02 Å². The molecule has 1 aliphatic heterocycles. The summed E-state index contributed by atoms with van der Waals surface area (Å²) in [6, 6.07) is 15.0. The van der Waals surface area contributed by atoms with Crippen molar-refractivity contribution in [1.29, 1.82) is 0 Å². The average molecular weight is 354 g/mol. The lowest BCUT2D eigenvalue weighted by molar-refractivity contribution is 0.0925. The van der Waals surface area contributed by atoms with Gasteiger partial charge in [-0.05, 0) is 18.2 Å². The third-order valence-corrected chi connectivity index (χ3v) is 4.53. The van der Waals surface area contributed by atoms with E-state index < -0.39 is 0 Å². The van der Waals surface area contributed by atoms with Gasteiger partial charge in [0.15, 0.2) is 0 Å². The Labute approximate surface area is 150 Å². The van der Waals surface area contributed by atoms with Gasteiger partial charge in [-0.25, -0.2) is 0 Å². The molecular formula is C19H16ClN3O2. The summed E-state index contributed by atoms with van der Waals surface area (Å²) in [4.78, 5) is 12.8. The molecule has 1 atom stereocenters. The van der Waals surface area contributed by atoms with Gasteiger partial charge in [0.2, 0.25) is 0 Å². The number of carbonyl (C=O) groups excluding carboxylic acids is 1. The van der Waals surface area contributed by atoms with Crippen LogP contribution in [0.15, 0.2) is 54.7 Å². The van der Waals surface area contributed by atoms with Crippen LogP contribution in [0, 0.1) is 0 Å². The van der Waals surface area contributed by atoms with E-state index in [0.29, 0.717) is 22.9 Å². The molecule has 0 aliphatic carbocycles. The largest absolute Gasteiger partial charge is 0.493 e. The molecule has 4 rings (SSSR count). The van der Waals surface area contributed by atoms with E-state index in [4.69, 9.17) is 16.3 Å². The highest BCUT2D eigenvalue weighted by atomic mass is 35.5. The number of hydrogen-bond donors (Lipinski definition) is 2. The van der Waals surface area contributed by atoms with Crippen LogP contribution < -0.4 is 10.1 Å². The Kier molecular flexibility index (Phi) is 4.15. The molecule has 1 aromatic heterocycles. The number of nitrogens with one attached hydrogen (secondary N) is 2. The maximum atomic E-state index is 12.8. The van der Waals surface area contributed by atoms with Crippen molar-refractivity contribution < 1.29 is 9.53 Å². The van der Waals surface area contributed by atoms with E-state index in [0.717, 1.165) is 23.3 Å². The minimum absolute atomic E-state index is 0.0783. The lowest BCUT2D eigenvalue weighted by Crippen LogP contribution is -2.32. The van der Waals surface area contributed by atoms with Crippen molar-refractivity contribution in [3.63, 3.8) is 0 Å². The molecule has 2 N–H and O–H groups in total. The zero-order chi connectivity index (χ0) is 17.2. The minimum Gasteiger partial charge on any atom is -0.493 e. The smallest absolute Gasteiger partial charge is 0.255 e. The Balaban J connectivity index is 1.59. The summed E-state index contributed by atoms with van der Waals surface area (Å²) in [7, 11) is 0. The van der Waals surface area contributed by atoms with E-state index in [1.54, 1.807) is 18.3 Å². The van der Waals surface area contributed by atoms with Crippen molar-refractivity contribution in [1.82, 2.24) is 15.5 Å². The second-order valence-corrected chi connectivity index (χ2v) is 6.30. The molecular weight excluding hydrogens is 338 g/mol. The molecule has 5 nitrogen and oxygen atoms in total. The first-order valence-corrected chi connectivity index (χ1v) is 8.42. The fourth-order valence-electron chi connectivity index (χ4n) is 3.02. The van der Waals surface area contributed by atoms with Crippen molar-refractivity contribution in [3.8, 4) is 17.0 Å². The molecule has 0 saturated carbocycles. The third-order valence-electron chi connectivity index (χ3n) is 4.28. The number of ether oxygens (including phenoxy) is 1. The minimum atomic E-state index is -0.166. The van der Waals surface area contributed by atoms with Crippen LogP contribution in [0.1, 0.15) is 28.4 Å². The molecule has 0 radical (unpaired) electrons. The van der Waals surface area contributed by atoms with Crippen molar-refractivity contribution >= 4 is 17.5 Å². The number of nitrogens with zero attached hydrogens (tertiary/aromatic N) is 1. The van der Waals surface area contributed by atoms with Gasteiger partial charge < -0.3 is 10.1 Å². The normalized spacial score (nSPS) is 16.0. The lowest BCUT2D eigenvalue weighted by atomic mass is 10.00. The highest BCUT2D eigenvalue weighted by Gasteiger charge is 2.24. The molecule has 1 amide bonds. The van der Waals surface area contributed by atoms with Gasteiger partial charge in [-0.15, -0.1) is 0 Å². The van der Waals surface area contributed by atoms with E-state index in [9.17, 15) is 4.79 Å². The first-order valence-electron chi connectivity index (χ1n) is 8.04. The molecule has 3 aromatic rings. The summed E-state index contributed by atoms with van der Waals surface area (Å²) >= 11 is 5.94. The maximum Gasteiger partial charge on any atom is 0.255 e. The van der Waals surface area contributed by atoms with E-state index in [-0.39, 0.29) is 11.9 Å². The molecule has 0 bridgehead atoms. The predicted octanol–water partition coefficient (Wildman–Crippen LogP) is 3.98. The predicted molar refractivity (Wildman–Crippen MR) is 95.8 cm³/mol. The summed E-state index contributed by atoms with van der Waals surface area (Å²) < 4.78 is 5.65. The van der Waals surface area contributed by atoms with E-state index >= 15 is 0 Å². The summed E-state index contributed by atoms with van der Waals surface area (Å²) in [6.07, 6.45) is 2.28. The van der Waals surface area contributed by atoms with Gasteiger partial charge in [0.05, 0.1) is 30.1 Å². The molecule has 1 aliphatic rings. The molecule has 2 aromatic carbocycles. The van der Waals surface area contributed by atoms with Crippen molar-refractivity contribution in [2.75, 3.05) is 6.61 Å². The highest BCUT2D eigenvalue weighted by molar-refractivity contribution is 6.30. The van der Waals surface area contributed by atoms with Crippen LogP contribution in [0.5, 0.6) is 5.75 Å². The Morgan fingerprint density at radius 1 is 1.20 bits per heavy atom. The first kappa shape index (κ1) is 15.7. The second-order valence-electron chi connectivity index (χ2n) is 5.87. The summed E-state index contributed by atoms with van der Waals surface area (Å²) in [5, 5.41) is 10.7. The zero-order valence-electron chi connectivity index (χ0n) is 13.3. The molecule has 0 fully saturated rings. The Morgan fingerprint density at radius 2 is 2.00 bits per heavy atom. The Hall–Kier alpha value is -2.79. The Morgan fingerprint density at radius 3 is 2.84 bits per heavy atom. The van der Waals surface area contributed by atoms with E-state index in [1.165, 1.54) is 0 Å². The van der Waals surface area contributed by atoms with Crippen LogP contribution in [-0.4, -0.2) is 22.7 Å². The molecule has 1 unspecified atom stereocenters. The van der Waals surface area contributed by atoms with Gasteiger partial charge >= 0.3 is 0 Å².